The summed E-state index contributed by atoms with van der Waals surface area (Å²) in [6.45, 7) is 2.22. The van der Waals surface area contributed by atoms with E-state index in [1.165, 1.54) is 19.3 Å². The van der Waals surface area contributed by atoms with Gasteiger partial charge in [-0.3, -0.25) is 4.79 Å². The Hall–Kier alpha value is -0.570. The summed E-state index contributed by atoms with van der Waals surface area (Å²) in [7, 11) is 0. The first-order valence-electron chi connectivity index (χ1n) is 7.24. The Labute approximate surface area is 103 Å². The number of ether oxygens (including phenoxy) is 1. The van der Waals surface area contributed by atoms with Gasteiger partial charge in [0.2, 0.25) is 0 Å². The summed E-state index contributed by atoms with van der Waals surface area (Å²) in [6.07, 6.45) is 8.31. The highest BCUT2D eigenvalue weighted by atomic mass is 16.5. The van der Waals surface area contributed by atoms with Gasteiger partial charge in [-0.1, -0.05) is 6.42 Å². The average Bonchev–Trinajstić information content (AvgIpc) is 2.90. The zero-order chi connectivity index (χ0) is 11.7. The van der Waals surface area contributed by atoms with Crippen molar-refractivity contribution < 1.29 is 9.53 Å². The first-order valence-corrected chi connectivity index (χ1v) is 7.24. The van der Waals surface area contributed by atoms with E-state index in [2.05, 4.69) is 5.32 Å². The van der Waals surface area contributed by atoms with Crippen molar-refractivity contribution in [1.82, 2.24) is 5.32 Å². The lowest BCUT2D eigenvalue weighted by molar-refractivity contribution is -0.155. The summed E-state index contributed by atoms with van der Waals surface area (Å²) in [5.41, 5.74) is 0. The molecule has 0 radical (unpaired) electrons. The lowest BCUT2D eigenvalue weighted by atomic mass is 9.97. The van der Waals surface area contributed by atoms with Crippen LogP contribution in [0.1, 0.15) is 44.9 Å². The minimum atomic E-state index is 0.103. The Kier molecular flexibility index (Phi) is 3.37. The minimum Gasteiger partial charge on any atom is -0.462 e. The summed E-state index contributed by atoms with van der Waals surface area (Å²) in [4.78, 5) is 12.1. The summed E-state index contributed by atoms with van der Waals surface area (Å²) in [5, 5.41) is 3.41. The number of carbonyl (C=O) groups is 1. The molecular weight excluding hydrogens is 214 g/mol. The maximum absolute atomic E-state index is 12.1. The van der Waals surface area contributed by atoms with E-state index in [1.807, 2.05) is 0 Å². The third-order valence-corrected chi connectivity index (χ3v) is 4.82. The molecule has 0 bridgehead atoms. The van der Waals surface area contributed by atoms with Gasteiger partial charge >= 0.3 is 5.97 Å². The van der Waals surface area contributed by atoms with Crippen molar-refractivity contribution in [2.45, 2.75) is 51.0 Å². The van der Waals surface area contributed by atoms with Gasteiger partial charge in [-0.05, 0) is 63.5 Å². The Balaban J connectivity index is 1.49. The third kappa shape index (κ3) is 2.49. The number of rotatable bonds is 2. The molecule has 2 aliphatic carbocycles. The summed E-state index contributed by atoms with van der Waals surface area (Å²) in [6, 6.07) is 0. The number of hydrogen-bond acceptors (Lipinski definition) is 3. The molecule has 3 heteroatoms. The maximum Gasteiger partial charge on any atom is 0.309 e. The van der Waals surface area contributed by atoms with Crippen LogP contribution in [0.4, 0.5) is 0 Å². The van der Waals surface area contributed by atoms with E-state index in [4.69, 9.17) is 4.74 Å². The van der Waals surface area contributed by atoms with E-state index in [9.17, 15) is 4.79 Å². The second-order valence-electron chi connectivity index (χ2n) is 6.04. The summed E-state index contributed by atoms with van der Waals surface area (Å²) < 4.78 is 5.68. The fourth-order valence-corrected chi connectivity index (χ4v) is 3.80. The quantitative estimate of drug-likeness (QED) is 0.748. The van der Waals surface area contributed by atoms with Crippen LogP contribution in [-0.4, -0.2) is 25.2 Å². The van der Waals surface area contributed by atoms with Crippen molar-refractivity contribution in [3.8, 4) is 0 Å². The number of esters is 1. The number of nitrogens with one attached hydrogen (secondary N) is 1. The molecule has 96 valence electrons. The molecule has 2 saturated carbocycles. The number of hydrogen-bond donors (Lipinski definition) is 1. The molecule has 0 spiro atoms. The highest BCUT2D eigenvalue weighted by molar-refractivity contribution is 5.73. The predicted molar refractivity (Wildman–Crippen MR) is 65.5 cm³/mol. The van der Waals surface area contributed by atoms with Gasteiger partial charge in [-0.25, -0.2) is 0 Å². The zero-order valence-electron chi connectivity index (χ0n) is 10.5. The monoisotopic (exact) mass is 237 g/mol. The third-order valence-electron chi connectivity index (χ3n) is 4.82. The lowest BCUT2D eigenvalue weighted by Crippen LogP contribution is -2.26. The molecule has 1 N–H and O–H groups in total. The molecule has 0 aromatic carbocycles. The molecule has 0 amide bonds. The van der Waals surface area contributed by atoms with Gasteiger partial charge in [0, 0.05) is 0 Å². The Morgan fingerprint density at radius 3 is 2.29 bits per heavy atom. The van der Waals surface area contributed by atoms with Gasteiger partial charge in [0.1, 0.15) is 6.10 Å². The van der Waals surface area contributed by atoms with Crippen molar-refractivity contribution in [2.75, 3.05) is 13.1 Å². The van der Waals surface area contributed by atoms with E-state index in [0.717, 1.165) is 50.6 Å². The fraction of sp³-hybridized carbons (Fsp3) is 0.929. The van der Waals surface area contributed by atoms with Gasteiger partial charge < -0.3 is 10.1 Å². The van der Waals surface area contributed by atoms with Gasteiger partial charge in [0.25, 0.3) is 0 Å². The van der Waals surface area contributed by atoms with Crippen LogP contribution >= 0.6 is 0 Å². The normalized spacial score (nSPS) is 38.0. The average molecular weight is 237 g/mol. The molecule has 17 heavy (non-hydrogen) atoms. The standard InChI is InChI=1S/C14H23NO2/c16-14(17-13-4-2-1-3-5-13)10-6-11-8-15-9-12(11)7-10/h10-13,15H,1-9H2. The fourth-order valence-electron chi connectivity index (χ4n) is 3.80. The molecule has 3 fully saturated rings. The molecule has 2 atom stereocenters. The first-order chi connectivity index (χ1) is 8.33. The van der Waals surface area contributed by atoms with Gasteiger partial charge in [-0.15, -0.1) is 0 Å². The molecule has 3 rings (SSSR count). The van der Waals surface area contributed by atoms with Crippen molar-refractivity contribution in [2.24, 2.45) is 17.8 Å². The topological polar surface area (TPSA) is 38.3 Å². The van der Waals surface area contributed by atoms with Crippen LogP contribution in [0.3, 0.4) is 0 Å². The van der Waals surface area contributed by atoms with E-state index >= 15 is 0 Å². The molecule has 1 saturated heterocycles. The van der Waals surface area contributed by atoms with E-state index in [-0.39, 0.29) is 18.0 Å². The van der Waals surface area contributed by atoms with Crippen LogP contribution in [0.15, 0.2) is 0 Å². The second kappa shape index (κ2) is 4.97. The van der Waals surface area contributed by atoms with Gasteiger partial charge in [0.15, 0.2) is 0 Å². The summed E-state index contributed by atoms with van der Waals surface area (Å²) >= 11 is 0. The van der Waals surface area contributed by atoms with Crippen LogP contribution < -0.4 is 5.32 Å². The molecule has 0 aromatic heterocycles. The van der Waals surface area contributed by atoms with E-state index < -0.39 is 0 Å². The molecule has 1 heterocycles. The van der Waals surface area contributed by atoms with Crippen molar-refractivity contribution >= 4 is 5.97 Å². The zero-order valence-corrected chi connectivity index (χ0v) is 10.5. The largest absolute Gasteiger partial charge is 0.462 e. The number of carbonyl (C=O) groups excluding carboxylic acids is 1. The smallest absolute Gasteiger partial charge is 0.309 e. The van der Waals surface area contributed by atoms with Crippen LogP contribution in [0.5, 0.6) is 0 Å². The first kappa shape index (κ1) is 11.5. The van der Waals surface area contributed by atoms with E-state index in [1.54, 1.807) is 0 Å². The van der Waals surface area contributed by atoms with Crippen molar-refractivity contribution in [3.63, 3.8) is 0 Å². The SMILES string of the molecule is O=C(OC1CCCCC1)C1CC2CNCC2C1. The van der Waals surface area contributed by atoms with Crippen LogP contribution in [0.2, 0.25) is 0 Å². The molecule has 3 aliphatic rings. The maximum atomic E-state index is 12.1. The molecule has 3 nitrogen and oxygen atoms in total. The molecule has 0 aromatic rings. The molecular formula is C14H23NO2. The molecule has 1 aliphatic heterocycles. The van der Waals surface area contributed by atoms with Crippen LogP contribution in [0.25, 0.3) is 0 Å². The minimum absolute atomic E-state index is 0.103. The van der Waals surface area contributed by atoms with Crippen molar-refractivity contribution in [3.05, 3.63) is 0 Å². The summed E-state index contributed by atoms with van der Waals surface area (Å²) in [5.74, 6) is 1.78. The Bertz CT molecular complexity index is 274. The highest BCUT2D eigenvalue weighted by Crippen LogP contribution is 2.39. The highest BCUT2D eigenvalue weighted by Gasteiger charge is 2.41. The Morgan fingerprint density at radius 2 is 1.65 bits per heavy atom. The second-order valence-corrected chi connectivity index (χ2v) is 6.04. The Morgan fingerprint density at radius 1 is 1.00 bits per heavy atom. The van der Waals surface area contributed by atoms with E-state index in [0.29, 0.717) is 0 Å². The van der Waals surface area contributed by atoms with Gasteiger partial charge in [-0.2, -0.15) is 0 Å². The molecule has 2 unspecified atom stereocenters. The van der Waals surface area contributed by atoms with Crippen LogP contribution in [-0.2, 0) is 9.53 Å². The van der Waals surface area contributed by atoms with Crippen LogP contribution in [0, 0.1) is 17.8 Å². The number of fused-ring (bicyclic) bond motifs is 1. The predicted octanol–water partition coefficient (Wildman–Crippen LogP) is 2.11. The lowest BCUT2D eigenvalue weighted by Gasteiger charge is -2.23. The van der Waals surface area contributed by atoms with Gasteiger partial charge in [0.05, 0.1) is 5.92 Å². The van der Waals surface area contributed by atoms with Crippen molar-refractivity contribution in [1.29, 1.82) is 0 Å².